The lowest BCUT2D eigenvalue weighted by atomic mass is 9.98. The molecule has 0 saturated carbocycles. The van der Waals surface area contributed by atoms with Crippen LogP contribution in [0.3, 0.4) is 0 Å². The maximum atomic E-state index is 12.4. The summed E-state index contributed by atoms with van der Waals surface area (Å²) in [5.74, 6) is 0.305. The molecule has 4 aromatic rings. The number of nitrogens with one attached hydrogen (secondary N) is 1. The highest BCUT2D eigenvalue weighted by molar-refractivity contribution is 6.33. The van der Waals surface area contributed by atoms with Gasteiger partial charge in [-0.05, 0) is 54.3 Å². The maximum absolute atomic E-state index is 12.4. The third-order valence-electron chi connectivity index (χ3n) is 5.50. The molecule has 34 heavy (non-hydrogen) atoms. The predicted octanol–water partition coefficient (Wildman–Crippen LogP) is 6.59. The summed E-state index contributed by atoms with van der Waals surface area (Å²) < 4.78 is 11.2. The number of benzene rings is 3. The number of carbonyl (C=O) groups excluding carboxylic acids is 1. The van der Waals surface area contributed by atoms with Gasteiger partial charge in [0.25, 0.3) is 5.91 Å². The van der Waals surface area contributed by atoms with E-state index in [1.165, 1.54) is 23.8 Å². The van der Waals surface area contributed by atoms with Crippen LogP contribution in [-0.2, 0) is 4.79 Å². The normalized spacial score (nSPS) is 11.9. The maximum Gasteiger partial charge on any atom is 0.310 e. The van der Waals surface area contributed by atoms with Crippen LogP contribution in [0.1, 0.15) is 31.7 Å². The van der Waals surface area contributed by atoms with Crippen molar-refractivity contribution in [1.29, 1.82) is 0 Å². The summed E-state index contributed by atoms with van der Waals surface area (Å²) in [6, 6.07) is 16.9. The number of nitro benzene ring substituents is 1. The lowest BCUT2D eigenvalue weighted by Gasteiger charge is -2.10. The molecule has 0 saturated heterocycles. The molecule has 1 aromatic heterocycles. The van der Waals surface area contributed by atoms with Gasteiger partial charge in [-0.3, -0.25) is 14.9 Å². The molecule has 0 aliphatic carbocycles. The third kappa shape index (κ3) is 5.02. The summed E-state index contributed by atoms with van der Waals surface area (Å²) in [5.41, 5.74) is 3.38. The van der Waals surface area contributed by atoms with Gasteiger partial charge in [0.05, 0.1) is 15.6 Å². The summed E-state index contributed by atoms with van der Waals surface area (Å²) in [5, 5.41) is 14.1. The van der Waals surface area contributed by atoms with Gasteiger partial charge < -0.3 is 14.5 Å². The van der Waals surface area contributed by atoms with Crippen molar-refractivity contribution in [1.82, 2.24) is 4.98 Å². The van der Waals surface area contributed by atoms with Crippen molar-refractivity contribution in [2.45, 2.75) is 26.2 Å². The van der Waals surface area contributed by atoms with Crippen LogP contribution >= 0.6 is 11.6 Å². The molecule has 9 heteroatoms. The van der Waals surface area contributed by atoms with Crippen molar-refractivity contribution < 1.29 is 18.9 Å². The number of halogens is 1. The molecule has 0 aliphatic rings. The molecule has 1 atom stereocenters. The van der Waals surface area contributed by atoms with E-state index in [1.54, 1.807) is 24.3 Å². The fraction of sp³-hybridized carbons (Fsp3) is 0.200. The minimum Gasteiger partial charge on any atom is -0.477 e. The smallest absolute Gasteiger partial charge is 0.310 e. The monoisotopic (exact) mass is 479 g/mol. The van der Waals surface area contributed by atoms with E-state index in [1.807, 2.05) is 18.2 Å². The van der Waals surface area contributed by atoms with Gasteiger partial charge in [0, 0.05) is 11.6 Å². The van der Waals surface area contributed by atoms with Gasteiger partial charge in [-0.1, -0.05) is 43.6 Å². The van der Waals surface area contributed by atoms with Crippen molar-refractivity contribution in [2.24, 2.45) is 0 Å². The minimum atomic E-state index is -0.570. The summed E-state index contributed by atoms with van der Waals surface area (Å²) in [6.45, 7) is 3.88. The molecule has 1 heterocycles. The Morgan fingerprint density at radius 1 is 1.21 bits per heavy atom. The average Bonchev–Trinajstić information content (AvgIpc) is 3.27. The number of oxazole rings is 1. The Kier molecular flexibility index (Phi) is 6.79. The van der Waals surface area contributed by atoms with Crippen molar-refractivity contribution >= 4 is 40.0 Å². The number of fused-ring (bicyclic) bond motifs is 1. The van der Waals surface area contributed by atoms with E-state index in [2.05, 4.69) is 24.1 Å². The molecular weight excluding hydrogens is 458 g/mol. The molecule has 0 bridgehead atoms. The number of rotatable bonds is 8. The van der Waals surface area contributed by atoms with Gasteiger partial charge in [0.1, 0.15) is 5.52 Å². The summed E-state index contributed by atoms with van der Waals surface area (Å²) in [6.07, 6.45) is 1.03. The molecule has 1 N–H and O–H groups in total. The zero-order valence-corrected chi connectivity index (χ0v) is 19.3. The van der Waals surface area contributed by atoms with Crippen LogP contribution < -0.4 is 10.1 Å². The fourth-order valence-corrected chi connectivity index (χ4v) is 3.59. The number of amides is 1. The molecule has 0 fully saturated rings. The first-order valence-electron chi connectivity index (χ1n) is 10.7. The first kappa shape index (κ1) is 23.3. The number of hydrogen-bond acceptors (Lipinski definition) is 6. The second kappa shape index (κ2) is 9.93. The van der Waals surface area contributed by atoms with E-state index in [0.717, 1.165) is 11.9 Å². The van der Waals surface area contributed by atoms with Gasteiger partial charge in [-0.2, -0.15) is 0 Å². The molecule has 0 spiro atoms. The largest absolute Gasteiger partial charge is 0.477 e. The summed E-state index contributed by atoms with van der Waals surface area (Å²) >= 11 is 6.27. The standard InChI is InChI=1S/C25H22ClN3O5/c1-3-15(2)16-9-11-22-20(12-16)28-25(34-22)17-8-10-18(26)19(13-17)27-24(30)14-33-23-7-5-4-6-21(23)29(31)32/h4-13,15H,3,14H2,1-2H3,(H,27,30)/t15-/m0/s1. The van der Waals surface area contributed by atoms with Crippen molar-refractivity contribution in [2.75, 3.05) is 11.9 Å². The van der Waals surface area contributed by atoms with E-state index in [-0.39, 0.29) is 11.4 Å². The Labute approximate surface area is 200 Å². The van der Waals surface area contributed by atoms with Crippen LogP contribution in [0.2, 0.25) is 5.02 Å². The fourth-order valence-electron chi connectivity index (χ4n) is 3.42. The number of ether oxygens (including phenoxy) is 1. The highest BCUT2D eigenvalue weighted by atomic mass is 35.5. The molecule has 0 unspecified atom stereocenters. The second-order valence-electron chi connectivity index (χ2n) is 7.81. The molecule has 0 radical (unpaired) electrons. The number of nitro groups is 1. The molecule has 1 amide bonds. The topological polar surface area (TPSA) is 108 Å². The van der Waals surface area contributed by atoms with E-state index < -0.39 is 17.4 Å². The number of aromatic nitrogens is 1. The van der Waals surface area contributed by atoms with Crippen LogP contribution in [-0.4, -0.2) is 22.4 Å². The van der Waals surface area contributed by atoms with Crippen LogP contribution in [0.4, 0.5) is 11.4 Å². The van der Waals surface area contributed by atoms with Crippen LogP contribution in [0, 0.1) is 10.1 Å². The minimum absolute atomic E-state index is 0.00531. The number of nitrogens with zero attached hydrogens (tertiary/aromatic N) is 2. The molecule has 174 valence electrons. The van der Waals surface area contributed by atoms with E-state index in [9.17, 15) is 14.9 Å². The number of anilines is 1. The van der Waals surface area contributed by atoms with Crippen LogP contribution in [0.5, 0.6) is 5.75 Å². The Morgan fingerprint density at radius 3 is 2.76 bits per heavy atom. The molecule has 4 rings (SSSR count). The molecule has 8 nitrogen and oxygen atoms in total. The highest BCUT2D eigenvalue weighted by Crippen LogP contribution is 2.32. The average molecular weight is 480 g/mol. The quantitative estimate of drug-likeness (QED) is 0.225. The van der Waals surface area contributed by atoms with Crippen molar-refractivity contribution in [3.8, 4) is 17.2 Å². The Bertz CT molecular complexity index is 1370. The lowest BCUT2D eigenvalue weighted by molar-refractivity contribution is -0.385. The molecule has 3 aromatic carbocycles. The molecular formula is C25H22ClN3O5. The zero-order valence-electron chi connectivity index (χ0n) is 18.6. The summed E-state index contributed by atoms with van der Waals surface area (Å²) in [4.78, 5) is 27.6. The Hall–Kier alpha value is -3.91. The van der Waals surface area contributed by atoms with E-state index >= 15 is 0 Å². The van der Waals surface area contributed by atoms with Crippen LogP contribution in [0.25, 0.3) is 22.6 Å². The van der Waals surface area contributed by atoms with E-state index in [0.29, 0.717) is 33.7 Å². The van der Waals surface area contributed by atoms with Gasteiger partial charge in [0.2, 0.25) is 5.89 Å². The molecule has 0 aliphatic heterocycles. The first-order chi connectivity index (χ1) is 16.4. The zero-order chi connectivity index (χ0) is 24.2. The van der Waals surface area contributed by atoms with Gasteiger partial charge in [-0.15, -0.1) is 0 Å². The first-order valence-corrected chi connectivity index (χ1v) is 11.1. The third-order valence-corrected chi connectivity index (χ3v) is 5.83. The van der Waals surface area contributed by atoms with Crippen LogP contribution in [0.15, 0.2) is 65.1 Å². The van der Waals surface area contributed by atoms with Crippen molar-refractivity contribution in [3.05, 3.63) is 81.4 Å². The predicted molar refractivity (Wildman–Crippen MR) is 130 cm³/mol. The summed E-state index contributed by atoms with van der Waals surface area (Å²) in [7, 11) is 0. The highest BCUT2D eigenvalue weighted by Gasteiger charge is 2.17. The number of hydrogen-bond donors (Lipinski definition) is 1. The number of carbonyl (C=O) groups is 1. The van der Waals surface area contributed by atoms with Gasteiger partial charge >= 0.3 is 5.69 Å². The second-order valence-corrected chi connectivity index (χ2v) is 8.22. The lowest BCUT2D eigenvalue weighted by Crippen LogP contribution is -2.20. The number of para-hydroxylation sites is 2. The van der Waals surface area contributed by atoms with Gasteiger partial charge in [-0.25, -0.2) is 4.98 Å². The van der Waals surface area contributed by atoms with Gasteiger partial charge in [0.15, 0.2) is 17.9 Å². The van der Waals surface area contributed by atoms with E-state index in [4.69, 9.17) is 20.8 Å². The Balaban J connectivity index is 1.51. The Morgan fingerprint density at radius 2 is 2.00 bits per heavy atom. The van der Waals surface area contributed by atoms with Crippen molar-refractivity contribution in [3.63, 3.8) is 0 Å². The SMILES string of the molecule is CC[C@H](C)c1ccc2oc(-c3ccc(Cl)c(NC(=O)COc4ccccc4[N+](=O)[O-])c3)nc2c1.